The van der Waals surface area contributed by atoms with Crippen LogP contribution < -0.4 is 10.2 Å². The molecule has 0 fully saturated rings. The van der Waals surface area contributed by atoms with Gasteiger partial charge in [0.25, 0.3) is 5.91 Å². The molecule has 0 radical (unpaired) electrons. The Morgan fingerprint density at radius 3 is 2.85 bits per heavy atom. The molecule has 142 valence electrons. The summed E-state index contributed by atoms with van der Waals surface area (Å²) in [6.07, 6.45) is 0. The summed E-state index contributed by atoms with van der Waals surface area (Å²) in [5, 5.41) is 5.59. The summed E-state index contributed by atoms with van der Waals surface area (Å²) in [6.45, 7) is 2.78. The lowest BCUT2D eigenvalue weighted by Gasteiger charge is -2.18. The third-order valence-electron chi connectivity index (χ3n) is 3.81. The fourth-order valence-corrected chi connectivity index (χ4v) is 5.01. The van der Waals surface area contributed by atoms with Crippen molar-refractivity contribution < 1.29 is 9.59 Å². The molecule has 2 aromatic rings. The van der Waals surface area contributed by atoms with Gasteiger partial charge in [0.2, 0.25) is 5.91 Å². The molecule has 0 saturated heterocycles. The van der Waals surface area contributed by atoms with Gasteiger partial charge in [-0.15, -0.1) is 11.3 Å². The minimum absolute atomic E-state index is 0.0392. The number of amidine groups is 1. The van der Waals surface area contributed by atoms with Crippen molar-refractivity contribution in [1.29, 1.82) is 0 Å². The quantitative estimate of drug-likeness (QED) is 0.665. The SMILES string of the molecule is Cc1ccc(N2C(=O)CN=C2SCC(=O)NCCSCc2cccs2)cc1. The van der Waals surface area contributed by atoms with Crippen LogP contribution in [0.3, 0.4) is 0 Å². The number of rotatable bonds is 8. The van der Waals surface area contributed by atoms with E-state index in [4.69, 9.17) is 0 Å². The Morgan fingerprint density at radius 2 is 2.11 bits per heavy atom. The fourth-order valence-electron chi connectivity index (χ4n) is 2.45. The van der Waals surface area contributed by atoms with Crippen LogP contribution in [0.15, 0.2) is 46.8 Å². The summed E-state index contributed by atoms with van der Waals surface area (Å²) in [7, 11) is 0. The summed E-state index contributed by atoms with van der Waals surface area (Å²) in [4.78, 5) is 31.4. The Labute approximate surface area is 171 Å². The van der Waals surface area contributed by atoms with Gasteiger partial charge in [0.1, 0.15) is 6.54 Å². The van der Waals surface area contributed by atoms with E-state index in [9.17, 15) is 9.59 Å². The van der Waals surface area contributed by atoms with Gasteiger partial charge in [0.15, 0.2) is 5.17 Å². The molecule has 1 aromatic carbocycles. The van der Waals surface area contributed by atoms with Crippen molar-refractivity contribution in [3.63, 3.8) is 0 Å². The van der Waals surface area contributed by atoms with Crippen molar-refractivity contribution in [2.45, 2.75) is 12.7 Å². The van der Waals surface area contributed by atoms with E-state index in [2.05, 4.69) is 27.8 Å². The molecule has 1 aromatic heterocycles. The molecule has 1 aliphatic heterocycles. The second-order valence-corrected chi connectivity index (χ2v) is 9.01. The second-order valence-electron chi connectivity index (χ2n) is 5.93. The zero-order chi connectivity index (χ0) is 19.1. The summed E-state index contributed by atoms with van der Waals surface area (Å²) in [5.74, 6) is 2.01. The van der Waals surface area contributed by atoms with E-state index in [1.54, 1.807) is 16.2 Å². The zero-order valence-corrected chi connectivity index (χ0v) is 17.5. The van der Waals surface area contributed by atoms with Crippen molar-refractivity contribution in [2.75, 3.05) is 29.5 Å². The normalized spacial score (nSPS) is 13.7. The van der Waals surface area contributed by atoms with Gasteiger partial charge >= 0.3 is 0 Å². The molecule has 1 aliphatic rings. The molecule has 5 nitrogen and oxygen atoms in total. The lowest BCUT2D eigenvalue weighted by Crippen LogP contribution is -2.33. The molecule has 1 N–H and O–H groups in total. The van der Waals surface area contributed by atoms with E-state index in [1.807, 2.05) is 43.0 Å². The molecule has 0 unspecified atom stereocenters. The molecule has 27 heavy (non-hydrogen) atoms. The van der Waals surface area contributed by atoms with Crippen LogP contribution in [-0.2, 0) is 15.3 Å². The average Bonchev–Trinajstić information content (AvgIpc) is 3.30. The third-order valence-corrected chi connectivity index (χ3v) is 6.85. The van der Waals surface area contributed by atoms with Crippen molar-refractivity contribution in [2.24, 2.45) is 4.99 Å². The first-order valence-electron chi connectivity index (χ1n) is 8.57. The number of aliphatic imine (C=N–C) groups is 1. The Balaban J connectivity index is 1.39. The van der Waals surface area contributed by atoms with Gasteiger partial charge in [-0.25, -0.2) is 0 Å². The minimum atomic E-state index is -0.0632. The van der Waals surface area contributed by atoms with Crippen LogP contribution >= 0.6 is 34.9 Å². The van der Waals surface area contributed by atoms with Crippen LogP contribution in [0.1, 0.15) is 10.4 Å². The van der Waals surface area contributed by atoms with Gasteiger partial charge in [-0.2, -0.15) is 11.8 Å². The van der Waals surface area contributed by atoms with E-state index in [0.717, 1.165) is 22.8 Å². The predicted octanol–water partition coefficient (Wildman–Crippen LogP) is 3.54. The zero-order valence-electron chi connectivity index (χ0n) is 15.0. The molecule has 8 heteroatoms. The Kier molecular flexibility index (Phi) is 7.37. The van der Waals surface area contributed by atoms with Crippen LogP contribution in [0.2, 0.25) is 0 Å². The number of nitrogens with one attached hydrogen (secondary N) is 1. The highest BCUT2D eigenvalue weighted by Crippen LogP contribution is 2.24. The van der Waals surface area contributed by atoms with E-state index in [-0.39, 0.29) is 24.1 Å². The molecule has 0 atom stereocenters. The van der Waals surface area contributed by atoms with Crippen LogP contribution in [-0.4, -0.2) is 41.6 Å². The maximum Gasteiger partial charge on any atom is 0.254 e. The molecule has 0 spiro atoms. The van der Waals surface area contributed by atoms with Gasteiger partial charge < -0.3 is 5.32 Å². The fraction of sp³-hybridized carbons (Fsp3) is 0.316. The predicted molar refractivity (Wildman–Crippen MR) is 117 cm³/mol. The smallest absolute Gasteiger partial charge is 0.254 e. The first-order chi connectivity index (χ1) is 13.1. The van der Waals surface area contributed by atoms with Gasteiger partial charge in [0, 0.05) is 22.9 Å². The van der Waals surface area contributed by atoms with Crippen molar-refractivity contribution in [3.8, 4) is 0 Å². The topological polar surface area (TPSA) is 61.8 Å². The van der Waals surface area contributed by atoms with Crippen LogP contribution in [0, 0.1) is 6.92 Å². The molecular weight excluding hydrogens is 398 g/mol. The maximum absolute atomic E-state index is 12.2. The monoisotopic (exact) mass is 419 g/mol. The highest BCUT2D eigenvalue weighted by molar-refractivity contribution is 8.14. The number of amides is 2. The molecule has 2 amide bonds. The number of thioether (sulfide) groups is 2. The number of hydrogen-bond donors (Lipinski definition) is 1. The van der Waals surface area contributed by atoms with E-state index >= 15 is 0 Å². The first kappa shape index (κ1) is 20.0. The molecule has 0 aliphatic carbocycles. The first-order valence-corrected chi connectivity index (χ1v) is 11.6. The van der Waals surface area contributed by atoms with Crippen LogP contribution in [0.5, 0.6) is 0 Å². The van der Waals surface area contributed by atoms with E-state index < -0.39 is 0 Å². The van der Waals surface area contributed by atoms with Crippen molar-refractivity contribution in [3.05, 3.63) is 52.2 Å². The Bertz CT molecular complexity index is 804. The van der Waals surface area contributed by atoms with Gasteiger partial charge in [-0.3, -0.25) is 19.5 Å². The summed E-state index contributed by atoms with van der Waals surface area (Å²) >= 11 is 4.86. The van der Waals surface area contributed by atoms with Crippen molar-refractivity contribution >= 4 is 57.5 Å². The summed E-state index contributed by atoms with van der Waals surface area (Å²) < 4.78 is 0. The number of carbonyl (C=O) groups is 2. The molecule has 3 rings (SSSR count). The average molecular weight is 420 g/mol. The van der Waals surface area contributed by atoms with E-state index in [1.165, 1.54) is 16.6 Å². The molecule has 0 saturated carbocycles. The van der Waals surface area contributed by atoms with Gasteiger partial charge in [0.05, 0.1) is 11.4 Å². The highest BCUT2D eigenvalue weighted by atomic mass is 32.2. The molecule has 2 heterocycles. The van der Waals surface area contributed by atoms with Gasteiger partial charge in [-0.1, -0.05) is 35.5 Å². The van der Waals surface area contributed by atoms with Crippen molar-refractivity contribution in [1.82, 2.24) is 5.32 Å². The lowest BCUT2D eigenvalue weighted by atomic mass is 10.2. The second kappa shape index (κ2) is 9.96. The lowest BCUT2D eigenvalue weighted by molar-refractivity contribution is -0.118. The maximum atomic E-state index is 12.2. The van der Waals surface area contributed by atoms with Crippen LogP contribution in [0.4, 0.5) is 5.69 Å². The number of aryl methyl sites for hydroxylation is 1. The minimum Gasteiger partial charge on any atom is -0.355 e. The third kappa shape index (κ3) is 5.85. The largest absolute Gasteiger partial charge is 0.355 e. The number of carbonyl (C=O) groups excluding carboxylic acids is 2. The van der Waals surface area contributed by atoms with Gasteiger partial charge in [-0.05, 0) is 30.5 Å². The summed E-state index contributed by atoms with van der Waals surface area (Å²) in [5.41, 5.74) is 1.92. The van der Waals surface area contributed by atoms with Crippen LogP contribution in [0.25, 0.3) is 0 Å². The number of anilines is 1. The number of thiophene rings is 1. The summed E-state index contributed by atoms with van der Waals surface area (Å²) in [6, 6.07) is 11.9. The number of nitrogens with zero attached hydrogens (tertiary/aromatic N) is 2. The standard InChI is InChI=1S/C19H21N3O2S3/c1-14-4-6-15(7-5-14)22-18(24)11-21-19(22)27-13-17(23)20-8-10-25-12-16-3-2-9-26-16/h2-7,9H,8,10-13H2,1H3,(H,20,23). The highest BCUT2D eigenvalue weighted by Gasteiger charge is 2.27. The Morgan fingerprint density at radius 1 is 1.30 bits per heavy atom. The van der Waals surface area contributed by atoms with E-state index in [0.29, 0.717) is 11.7 Å². The molecule has 0 bridgehead atoms. The number of benzene rings is 1. The molecular formula is C19H21N3O2S3. The number of hydrogen-bond acceptors (Lipinski definition) is 6. The Hall–Kier alpha value is -1.77.